The lowest BCUT2D eigenvalue weighted by Crippen LogP contribution is -2.20. The van der Waals surface area contributed by atoms with E-state index in [2.05, 4.69) is 29.1 Å². The van der Waals surface area contributed by atoms with Crippen molar-refractivity contribution in [3.63, 3.8) is 0 Å². The lowest BCUT2D eigenvalue weighted by atomic mass is 10.1. The zero-order valence-electron chi connectivity index (χ0n) is 10.8. The molecular formula is C10H21Cl2O6P. The minimum absolute atomic E-state index is 0.00708. The summed E-state index contributed by atoms with van der Waals surface area (Å²) in [5.74, 6) is 0. The van der Waals surface area contributed by atoms with E-state index < -0.39 is 6.07 Å². The fourth-order valence-corrected chi connectivity index (χ4v) is 1.01. The van der Waals surface area contributed by atoms with Gasteiger partial charge in [-0.2, -0.15) is 0 Å². The van der Waals surface area contributed by atoms with Crippen LogP contribution < -0.4 is 0 Å². The van der Waals surface area contributed by atoms with Crippen LogP contribution in [0.1, 0.15) is 13.3 Å². The van der Waals surface area contributed by atoms with Crippen molar-refractivity contribution in [3.8, 4) is 0 Å². The third-order valence-corrected chi connectivity index (χ3v) is 1.60. The van der Waals surface area contributed by atoms with Gasteiger partial charge in [-0.25, -0.2) is 0 Å². The van der Waals surface area contributed by atoms with Crippen molar-refractivity contribution in [2.24, 2.45) is 0 Å². The Hall–Kier alpha value is 0.350. The Morgan fingerprint density at radius 2 is 1.84 bits per heavy atom. The van der Waals surface area contributed by atoms with Crippen molar-refractivity contribution in [2.45, 2.75) is 19.4 Å². The second-order valence-electron chi connectivity index (χ2n) is 3.61. The predicted octanol–water partition coefficient (Wildman–Crippen LogP) is 1.90. The van der Waals surface area contributed by atoms with E-state index in [4.69, 9.17) is 24.6 Å². The van der Waals surface area contributed by atoms with Gasteiger partial charge in [0.2, 0.25) is 0 Å². The van der Waals surface area contributed by atoms with E-state index in [1.165, 1.54) is 0 Å². The Labute approximate surface area is 123 Å². The molecule has 9 heteroatoms. The molecule has 1 atom stereocenters. The molecule has 0 spiro atoms. The number of halogens is 2. The van der Waals surface area contributed by atoms with E-state index in [0.29, 0.717) is 26.2 Å². The highest BCUT2D eigenvalue weighted by molar-refractivity contribution is 8.04. The average Bonchev–Trinajstić information content (AvgIpc) is 2.24. The van der Waals surface area contributed by atoms with Crippen LogP contribution in [0.3, 0.4) is 0 Å². The molecule has 0 fully saturated rings. The van der Waals surface area contributed by atoms with Gasteiger partial charge in [0.15, 0.2) is 0 Å². The first-order valence-electron chi connectivity index (χ1n) is 5.48. The van der Waals surface area contributed by atoms with Gasteiger partial charge in [-0.1, -0.05) is 5.57 Å². The van der Waals surface area contributed by atoms with Crippen LogP contribution in [0.2, 0.25) is 0 Å². The third-order valence-electron chi connectivity index (χ3n) is 1.60. The summed E-state index contributed by atoms with van der Waals surface area (Å²) in [5, 5.41) is 17.4. The second kappa shape index (κ2) is 13.3. The van der Waals surface area contributed by atoms with Crippen LogP contribution in [-0.4, -0.2) is 54.2 Å². The van der Waals surface area contributed by atoms with Gasteiger partial charge < -0.3 is 24.6 Å². The van der Waals surface area contributed by atoms with Crippen LogP contribution in [0.15, 0.2) is 12.2 Å². The first-order chi connectivity index (χ1) is 8.70. The molecule has 116 valence electrons. The summed E-state index contributed by atoms with van der Waals surface area (Å²) >= 11 is 8.81. The molecule has 0 aliphatic carbocycles. The Morgan fingerprint density at radius 1 is 1.32 bits per heavy atom. The van der Waals surface area contributed by atoms with Gasteiger partial charge in [0.05, 0.1) is 39.1 Å². The molecule has 0 aromatic rings. The number of aliphatic hydroxyl groups is 2. The van der Waals surface area contributed by atoms with Crippen LogP contribution in [0.5, 0.6) is 0 Å². The normalized spacial score (nSPS) is 12.5. The molecule has 0 aliphatic heterocycles. The summed E-state index contributed by atoms with van der Waals surface area (Å²) < 4.78 is 19.6. The van der Waals surface area contributed by atoms with Crippen molar-refractivity contribution >= 4 is 28.6 Å². The summed E-state index contributed by atoms with van der Waals surface area (Å²) in [7, 11) is 0. The third kappa shape index (κ3) is 27.5. The number of hydrogen-bond acceptors (Lipinski definition) is 5. The van der Waals surface area contributed by atoms with Crippen LogP contribution in [0, 0.1) is 0 Å². The van der Waals surface area contributed by atoms with Crippen molar-refractivity contribution in [1.82, 2.24) is 0 Å². The lowest BCUT2D eigenvalue weighted by Gasteiger charge is -2.15. The first-order valence-corrected chi connectivity index (χ1v) is 8.95. The number of hydrogen-bond donors (Lipinski definition) is 3. The number of aliphatic hydroxyl groups excluding tert-OH is 2. The van der Waals surface area contributed by atoms with Crippen molar-refractivity contribution in [3.05, 3.63) is 12.2 Å². The predicted molar refractivity (Wildman–Crippen MR) is 75.7 cm³/mol. The first kappa shape index (κ1) is 21.6. The molecule has 0 aromatic carbocycles. The maximum absolute atomic E-state index is 9.30. The average molecular weight is 339 g/mol. The van der Waals surface area contributed by atoms with Crippen molar-refractivity contribution in [1.29, 1.82) is 0 Å². The maximum Gasteiger partial charge on any atom is 0.377 e. The van der Waals surface area contributed by atoms with Crippen LogP contribution in [0.4, 0.5) is 0 Å². The smallest absolute Gasteiger partial charge is 0.377 e. The highest BCUT2D eigenvalue weighted by Gasteiger charge is 2.07. The lowest BCUT2D eigenvalue weighted by molar-refractivity contribution is -0.0228. The summed E-state index contributed by atoms with van der Waals surface area (Å²) in [4.78, 5) is 7.61. The van der Waals surface area contributed by atoms with E-state index in [1.807, 2.05) is 6.92 Å². The zero-order chi connectivity index (χ0) is 15.3. The van der Waals surface area contributed by atoms with E-state index in [9.17, 15) is 4.57 Å². The number of rotatable bonds is 9. The summed E-state index contributed by atoms with van der Waals surface area (Å²) in [6, 6.07) is 0. The molecule has 0 saturated heterocycles. The quantitative estimate of drug-likeness (QED) is 0.337. The van der Waals surface area contributed by atoms with Gasteiger partial charge in [-0.15, -0.1) is 6.58 Å². The van der Waals surface area contributed by atoms with Gasteiger partial charge in [0.1, 0.15) is 0 Å². The minimum Gasteiger partial charge on any atom is -0.394 e. The zero-order valence-corrected chi connectivity index (χ0v) is 13.2. The molecule has 0 aromatic heterocycles. The second-order valence-corrected chi connectivity index (χ2v) is 7.75. The fourth-order valence-electron chi connectivity index (χ4n) is 1.01. The van der Waals surface area contributed by atoms with Gasteiger partial charge in [-0.05, 0) is 35.8 Å². The van der Waals surface area contributed by atoms with Crippen LogP contribution >= 0.6 is 28.6 Å². The topological polar surface area (TPSA) is 96.2 Å². The molecule has 0 saturated carbocycles. The van der Waals surface area contributed by atoms with Gasteiger partial charge in [0, 0.05) is 0 Å². The van der Waals surface area contributed by atoms with E-state index in [0.717, 1.165) is 5.57 Å². The number of ether oxygens (including phenoxy) is 2. The van der Waals surface area contributed by atoms with Crippen LogP contribution in [0.25, 0.3) is 0 Å². The summed E-state index contributed by atoms with van der Waals surface area (Å²) in [6.07, 6.45) is -3.22. The SMILES string of the molecule is C=C(C)CC(CO)OCCOCCO.O=P(O)(Cl)Cl. The molecule has 0 amide bonds. The molecule has 0 heterocycles. The van der Waals surface area contributed by atoms with Crippen molar-refractivity contribution in [2.75, 3.05) is 33.0 Å². The van der Waals surface area contributed by atoms with E-state index >= 15 is 0 Å². The minimum atomic E-state index is -3.69. The standard InChI is InChI=1S/C10H20O4.Cl2HO2P/c1-9(2)7-10(8-12)14-6-5-13-4-3-11;1-5(2,3)4/h10-12H,1,3-8H2,2H3;(H,3,4). The molecule has 1 unspecified atom stereocenters. The van der Waals surface area contributed by atoms with E-state index in [1.54, 1.807) is 0 Å². The highest BCUT2D eigenvalue weighted by atomic mass is 35.9. The Bertz CT molecular complexity index is 262. The molecule has 0 bridgehead atoms. The molecule has 0 aliphatic rings. The van der Waals surface area contributed by atoms with Gasteiger partial charge in [0.25, 0.3) is 0 Å². The summed E-state index contributed by atoms with van der Waals surface area (Å²) in [5.41, 5.74) is 0.986. The molecular weight excluding hydrogens is 318 g/mol. The highest BCUT2D eigenvalue weighted by Crippen LogP contribution is 2.51. The largest absolute Gasteiger partial charge is 0.394 e. The van der Waals surface area contributed by atoms with Gasteiger partial charge in [-0.3, -0.25) is 4.57 Å². The fraction of sp³-hybridized carbons (Fsp3) is 0.800. The maximum atomic E-state index is 9.30. The van der Waals surface area contributed by atoms with E-state index in [-0.39, 0.29) is 19.3 Å². The molecule has 0 rings (SSSR count). The Morgan fingerprint density at radius 3 is 2.21 bits per heavy atom. The molecule has 0 radical (unpaired) electrons. The Balaban J connectivity index is 0. The van der Waals surface area contributed by atoms with Gasteiger partial charge >= 0.3 is 6.07 Å². The summed E-state index contributed by atoms with van der Waals surface area (Å²) in [6.45, 7) is 6.85. The molecule has 6 nitrogen and oxygen atoms in total. The van der Waals surface area contributed by atoms with Crippen molar-refractivity contribution < 1.29 is 29.1 Å². The Kier molecular flexibility index (Phi) is 15.2. The van der Waals surface area contributed by atoms with Crippen LogP contribution in [-0.2, 0) is 14.0 Å². The molecule has 19 heavy (non-hydrogen) atoms. The monoisotopic (exact) mass is 338 g/mol. The molecule has 3 N–H and O–H groups in total.